The van der Waals surface area contributed by atoms with Crippen LogP contribution in [0.4, 0.5) is 16.0 Å². The van der Waals surface area contributed by atoms with Crippen molar-refractivity contribution in [1.29, 1.82) is 0 Å². The lowest BCUT2D eigenvalue weighted by Gasteiger charge is -2.22. The first-order valence-corrected chi connectivity index (χ1v) is 14.4. The Balaban J connectivity index is 1.21. The molecule has 232 valence electrons. The number of halogens is 1. The van der Waals surface area contributed by atoms with Crippen molar-refractivity contribution in [2.24, 2.45) is 5.92 Å². The summed E-state index contributed by atoms with van der Waals surface area (Å²) in [5, 5.41) is 8.30. The van der Waals surface area contributed by atoms with Crippen LogP contribution in [0.3, 0.4) is 0 Å². The Morgan fingerprint density at radius 3 is 2.58 bits per heavy atom. The maximum atomic E-state index is 13.7. The molecule has 1 atom stereocenters. The van der Waals surface area contributed by atoms with Gasteiger partial charge in [0.2, 0.25) is 0 Å². The third kappa shape index (κ3) is 5.99. The minimum Gasteiger partial charge on any atom is -0.496 e. The van der Waals surface area contributed by atoms with Crippen molar-refractivity contribution < 1.29 is 23.4 Å². The maximum Gasteiger partial charge on any atom is 0.255 e. The lowest BCUT2D eigenvalue weighted by molar-refractivity contribution is -0.132. The number of aromatic nitrogens is 5. The predicted octanol–water partition coefficient (Wildman–Crippen LogP) is 3.98. The van der Waals surface area contributed by atoms with E-state index in [2.05, 4.69) is 20.2 Å². The van der Waals surface area contributed by atoms with Crippen molar-refractivity contribution in [1.82, 2.24) is 30.0 Å². The molecule has 4 heterocycles. The number of nitrogens with one attached hydrogen (secondary N) is 1. The summed E-state index contributed by atoms with van der Waals surface area (Å²) in [6, 6.07) is 15.3. The minimum atomic E-state index is -0.518. The Bertz CT molecular complexity index is 1810. The first-order chi connectivity index (χ1) is 21.9. The van der Waals surface area contributed by atoms with Gasteiger partial charge in [0.25, 0.3) is 5.91 Å². The van der Waals surface area contributed by atoms with E-state index in [1.165, 1.54) is 25.6 Å². The Morgan fingerprint density at radius 1 is 1.07 bits per heavy atom. The second-order valence-corrected chi connectivity index (χ2v) is 10.7. The van der Waals surface area contributed by atoms with Gasteiger partial charge in [0.05, 0.1) is 29.9 Å². The number of nitrogens with zero attached hydrogens (tertiary/aromatic N) is 6. The van der Waals surface area contributed by atoms with Gasteiger partial charge in [-0.15, -0.1) is 0 Å². The molecule has 13 heteroatoms. The summed E-state index contributed by atoms with van der Waals surface area (Å²) in [7, 11) is 4.75. The smallest absolute Gasteiger partial charge is 0.255 e. The van der Waals surface area contributed by atoms with Gasteiger partial charge in [-0.3, -0.25) is 4.79 Å². The number of methoxy groups -OCH3 is 3. The number of benzene rings is 2. The highest BCUT2D eigenvalue weighted by molar-refractivity contribution is 5.99. The fraction of sp³-hybridized carbons (Fsp3) is 0.281. The van der Waals surface area contributed by atoms with Gasteiger partial charge in [-0.1, -0.05) is 24.3 Å². The highest BCUT2D eigenvalue weighted by Gasteiger charge is 2.30. The molecule has 0 spiro atoms. The van der Waals surface area contributed by atoms with Crippen LogP contribution in [0.15, 0.2) is 67.1 Å². The first-order valence-electron chi connectivity index (χ1n) is 14.4. The third-order valence-electron chi connectivity index (χ3n) is 7.96. The number of hydrogen-bond acceptors (Lipinski definition) is 10. The number of fused-ring (bicyclic) bond motifs is 1. The molecule has 1 saturated heterocycles. The number of nitrogens with two attached hydrogens (primary N) is 1. The molecule has 0 radical (unpaired) electrons. The molecule has 2 aromatic carbocycles. The summed E-state index contributed by atoms with van der Waals surface area (Å²) >= 11 is 0. The van der Waals surface area contributed by atoms with E-state index in [-0.39, 0.29) is 24.3 Å². The summed E-state index contributed by atoms with van der Waals surface area (Å²) in [6.07, 6.45) is 3.88. The standard InChI is InChI=1S/C32H33FN8O4/c1-43-25-10-8-22(33)14-24(25)31(42)36-15-19-4-6-20(7-5-19)28-27-29(34)37-18-38-30(27)41(39-28)23-9-11-26(35-16-23)40-13-12-21(17-40)32(44-2)45-3/h4-11,14,16,18,21,32H,12-13,15,17H2,1-3H3,(H,36,42)(H2,34,37,38)/t21-/m1/s1. The molecule has 0 bridgehead atoms. The van der Waals surface area contributed by atoms with Crippen LogP contribution < -0.4 is 20.7 Å². The fourth-order valence-electron chi connectivity index (χ4n) is 5.66. The molecule has 45 heavy (non-hydrogen) atoms. The van der Waals surface area contributed by atoms with Crippen LogP contribution in [-0.2, 0) is 16.0 Å². The molecule has 1 amide bonds. The van der Waals surface area contributed by atoms with Gasteiger partial charge in [0.15, 0.2) is 11.9 Å². The summed E-state index contributed by atoms with van der Waals surface area (Å²) in [5.41, 5.74) is 9.96. The fourth-order valence-corrected chi connectivity index (χ4v) is 5.66. The van der Waals surface area contributed by atoms with Crippen LogP contribution in [0.2, 0.25) is 0 Å². The van der Waals surface area contributed by atoms with Gasteiger partial charge < -0.3 is 30.2 Å². The first kappa shape index (κ1) is 29.9. The number of hydrogen-bond donors (Lipinski definition) is 2. The number of nitrogen functional groups attached to an aromatic ring is 1. The lowest BCUT2D eigenvalue weighted by Crippen LogP contribution is -2.28. The van der Waals surface area contributed by atoms with E-state index >= 15 is 0 Å². The quantitative estimate of drug-likeness (QED) is 0.222. The molecular formula is C32H33FN8O4. The molecular weight excluding hydrogens is 579 g/mol. The zero-order valence-corrected chi connectivity index (χ0v) is 25.1. The molecule has 0 unspecified atom stereocenters. The molecule has 6 rings (SSSR count). The Hall–Kier alpha value is -5.14. The minimum absolute atomic E-state index is 0.125. The van der Waals surface area contributed by atoms with Gasteiger partial charge in [-0.2, -0.15) is 5.10 Å². The van der Waals surface area contributed by atoms with E-state index in [0.717, 1.165) is 48.2 Å². The summed E-state index contributed by atoms with van der Waals surface area (Å²) in [5.74, 6) is 0.761. The van der Waals surface area contributed by atoms with Gasteiger partial charge in [0, 0.05) is 45.3 Å². The van der Waals surface area contributed by atoms with Crippen molar-refractivity contribution in [2.75, 3.05) is 45.1 Å². The summed E-state index contributed by atoms with van der Waals surface area (Å²) in [4.78, 5) is 28.3. The van der Waals surface area contributed by atoms with Crippen LogP contribution in [-0.4, -0.2) is 71.3 Å². The largest absolute Gasteiger partial charge is 0.496 e. The highest BCUT2D eigenvalue weighted by atomic mass is 19.1. The van der Waals surface area contributed by atoms with Gasteiger partial charge in [-0.25, -0.2) is 24.0 Å². The molecule has 3 aromatic heterocycles. The third-order valence-corrected chi connectivity index (χ3v) is 7.96. The van der Waals surface area contributed by atoms with E-state index in [0.29, 0.717) is 28.3 Å². The zero-order valence-electron chi connectivity index (χ0n) is 25.1. The maximum absolute atomic E-state index is 13.7. The molecule has 1 aliphatic rings. The number of carbonyl (C=O) groups excluding carboxylic acids is 1. The van der Waals surface area contributed by atoms with Gasteiger partial charge in [-0.05, 0) is 42.3 Å². The second-order valence-electron chi connectivity index (χ2n) is 10.7. The van der Waals surface area contributed by atoms with Crippen LogP contribution in [0, 0.1) is 11.7 Å². The summed E-state index contributed by atoms with van der Waals surface area (Å²) < 4.78 is 31.5. The van der Waals surface area contributed by atoms with E-state index in [9.17, 15) is 9.18 Å². The topological polar surface area (TPSA) is 143 Å². The summed E-state index contributed by atoms with van der Waals surface area (Å²) in [6.45, 7) is 1.88. The van der Waals surface area contributed by atoms with Crippen LogP contribution in [0.1, 0.15) is 22.3 Å². The number of ether oxygens (including phenoxy) is 3. The SMILES string of the molecule is COc1ccc(F)cc1C(=O)NCc1ccc(-c2nn(-c3ccc(N4CC[C@@H](C(OC)OC)C4)nc3)c3ncnc(N)c23)cc1. The molecule has 3 N–H and O–H groups in total. The Morgan fingerprint density at radius 2 is 1.87 bits per heavy atom. The number of anilines is 2. The second kappa shape index (κ2) is 12.8. The monoisotopic (exact) mass is 612 g/mol. The molecule has 0 aliphatic carbocycles. The van der Waals surface area contributed by atoms with Crippen LogP contribution >= 0.6 is 0 Å². The Kier molecular flexibility index (Phi) is 8.54. The highest BCUT2D eigenvalue weighted by Crippen LogP contribution is 2.32. The van der Waals surface area contributed by atoms with E-state index in [4.69, 9.17) is 30.0 Å². The van der Waals surface area contributed by atoms with Gasteiger partial charge in [0.1, 0.15) is 35.2 Å². The van der Waals surface area contributed by atoms with Gasteiger partial charge >= 0.3 is 0 Å². The molecule has 12 nitrogen and oxygen atoms in total. The molecule has 1 aliphatic heterocycles. The van der Waals surface area contributed by atoms with E-state index in [1.807, 2.05) is 36.4 Å². The number of carbonyl (C=O) groups is 1. The van der Waals surface area contributed by atoms with Crippen molar-refractivity contribution >= 4 is 28.6 Å². The van der Waals surface area contributed by atoms with Crippen molar-refractivity contribution in [3.8, 4) is 22.7 Å². The molecule has 1 fully saturated rings. The van der Waals surface area contributed by atoms with Crippen molar-refractivity contribution in [3.05, 3.63) is 84.1 Å². The molecule has 0 saturated carbocycles. The van der Waals surface area contributed by atoms with E-state index < -0.39 is 11.7 Å². The van der Waals surface area contributed by atoms with Crippen molar-refractivity contribution in [3.63, 3.8) is 0 Å². The molecule has 5 aromatic rings. The lowest BCUT2D eigenvalue weighted by atomic mass is 10.1. The zero-order chi connectivity index (χ0) is 31.5. The van der Waals surface area contributed by atoms with Crippen LogP contribution in [0.25, 0.3) is 28.0 Å². The van der Waals surface area contributed by atoms with Crippen molar-refractivity contribution in [2.45, 2.75) is 19.3 Å². The average Bonchev–Trinajstić information content (AvgIpc) is 3.71. The van der Waals surface area contributed by atoms with E-state index in [1.54, 1.807) is 25.1 Å². The Labute approximate surface area is 259 Å². The number of rotatable bonds is 10. The number of amides is 1. The normalized spacial score (nSPS) is 14.8. The number of pyridine rings is 1. The average molecular weight is 613 g/mol. The predicted molar refractivity (Wildman–Crippen MR) is 167 cm³/mol. The van der Waals surface area contributed by atoms with Crippen LogP contribution in [0.5, 0.6) is 5.75 Å².